The first-order valence-corrected chi connectivity index (χ1v) is 6.39. The largest absolute Gasteiger partial charge is 0.271 e. The average molecular weight is 276 g/mol. The molecule has 6 nitrogen and oxygen atoms in total. The highest BCUT2D eigenvalue weighted by Crippen LogP contribution is 2.20. The van der Waals surface area contributed by atoms with Gasteiger partial charge >= 0.3 is 0 Å². The van der Waals surface area contributed by atoms with Gasteiger partial charge in [-0.2, -0.15) is 10.4 Å². The first-order chi connectivity index (χ1) is 9.24. The van der Waals surface area contributed by atoms with Crippen molar-refractivity contribution in [2.45, 2.75) is 0 Å². The molecule has 0 saturated carbocycles. The fraction of sp³-hybridized carbons (Fsp3) is 0.0909. The molecule has 2 aromatic rings. The van der Waals surface area contributed by atoms with Gasteiger partial charge in [-0.3, -0.25) is 5.32 Å². The summed E-state index contributed by atoms with van der Waals surface area (Å²) in [5.41, 5.74) is 0.698. The fourth-order valence-electron chi connectivity index (χ4n) is 1.37. The summed E-state index contributed by atoms with van der Waals surface area (Å²) < 4.78 is 15.2. The lowest BCUT2D eigenvalue weighted by atomic mass is 10.2. The van der Waals surface area contributed by atoms with Gasteiger partial charge in [0.1, 0.15) is 18.3 Å². The normalized spacial score (nSPS) is 11.1. The van der Waals surface area contributed by atoms with Gasteiger partial charge in [-0.15, -0.1) is 0 Å². The summed E-state index contributed by atoms with van der Waals surface area (Å²) >= 11 is 1.26. The number of hydrogen-bond donors (Lipinski definition) is 1. The Bertz CT molecular complexity index is 631. The zero-order valence-electron chi connectivity index (χ0n) is 9.91. The van der Waals surface area contributed by atoms with Crippen molar-refractivity contribution in [1.29, 1.82) is 5.26 Å². The molecule has 1 aromatic heterocycles. The van der Waals surface area contributed by atoms with Crippen molar-refractivity contribution in [3.05, 3.63) is 36.7 Å². The van der Waals surface area contributed by atoms with Crippen molar-refractivity contribution >= 4 is 22.6 Å². The van der Waals surface area contributed by atoms with E-state index in [0.717, 1.165) is 0 Å². The molecule has 0 bridgehead atoms. The lowest BCUT2D eigenvalue weighted by molar-refractivity contribution is 0.611. The Kier molecular flexibility index (Phi) is 4.10. The van der Waals surface area contributed by atoms with Crippen LogP contribution in [0, 0.1) is 17.3 Å². The van der Waals surface area contributed by atoms with E-state index in [9.17, 15) is 4.39 Å². The minimum Gasteiger partial charge on any atom is -0.271 e. The summed E-state index contributed by atoms with van der Waals surface area (Å²) in [6, 6.07) is 4.45. The summed E-state index contributed by atoms with van der Waals surface area (Å²) in [5, 5.41) is 15.2. The SMILES string of the molecule is CSC(=Nc1ccc(-n2cncn2)c(F)c1)NC#N. The predicted octanol–water partition coefficient (Wildman–Crippen LogP) is 1.83. The fourth-order valence-corrected chi connectivity index (χ4v) is 1.72. The minimum atomic E-state index is -0.468. The second-order valence-electron chi connectivity index (χ2n) is 3.33. The third-order valence-electron chi connectivity index (χ3n) is 2.18. The zero-order valence-corrected chi connectivity index (χ0v) is 10.7. The summed E-state index contributed by atoms with van der Waals surface area (Å²) in [7, 11) is 0. The molecular weight excluding hydrogens is 267 g/mol. The van der Waals surface area contributed by atoms with Crippen molar-refractivity contribution in [2.24, 2.45) is 4.99 Å². The van der Waals surface area contributed by atoms with Crippen LogP contribution in [0.5, 0.6) is 0 Å². The quantitative estimate of drug-likeness (QED) is 0.392. The molecule has 0 aliphatic rings. The van der Waals surface area contributed by atoms with Crippen LogP contribution in [0.1, 0.15) is 0 Å². The number of amidine groups is 1. The van der Waals surface area contributed by atoms with Gasteiger partial charge < -0.3 is 0 Å². The Hall–Kier alpha value is -2.40. The molecule has 96 valence electrons. The summed E-state index contributed by atoms with van der Waals surface area (Å²) in [6.45, 7) is 0. The third kappa shape index (κ3) is 3.08. The van der Waals surface area contributed by atoms with E-state index in [1.807, 2.05) is 0 Å². The van der Waals surface area contributed by atoms with E-state index in [1.165, 1.54) is 35.2 Å². The Balaban J connectivity index is 2.32. The third-order valence-corrected chi connectivity index (χ3v) is 2.76. The van der Waals surface area contributed by atoms with Crippen LogP contribution in [0.15, 0.2) is 35.8 Å². The summed E-state index contributed by atoms with van der Waals surface area (Å²) in [4.78, 5) is 7.87. The van der Waals surface area contributed by atoms with Crippen LogP contribution in [0.3, 0.4) is 0 Å². The number of nitrogens with one attached hydrogen (secondary N) is 1. The van der Waals surface area contributed by atoms with Crippen molar-refractivity contribution < 1.29 is 4.39 Å². The van der Waals surface area contributed by atoms with Crippen molar-refractivity contribution in [3.63, 3.8) is 0 Å². The van der Waals surface area contributed by atoms with Crippen molar-refractivity contribution in [3.8, 4) is 11.9 Å². The van der Waals surface area contributed by atoms with Gasteiger partial charge in [0.15, 0.2) is 17.2 Å². The van der Waals surface area contributed by atoms with Gasteiger partial charge in [-0.25, -0.2) is 19.0 Å². The smallest absolute Gasteiger partial charge is 0.183 e. The molecule has 0 fully saturated rings. The first kappa shape index (κ1) is 13.0. The highest BCUT2D eigenvalue weighted by atomic mass is 32.2. The van der Waals surface area contributed by atoms with Gasteiger partial charge in [-0.05, 0) is 18.4 Å². The molecule has 0 aliphatic carbocycles. The second kappa shape index (κ2) is 5.97. The lowest BCUT2D eigenvalue weighted by Crippen LogP contribution is -2.12. The van der Waals surface area contributed by atoms with Gasteiger partial charge in [0.2, 0.25) is 0 Å². The number of aromatic nitrogens is 3. The molecule has 1 N–H and O–H groups in total. The van der Waals surface area contributed by atoms with E-state index >= 15 is 0 Å². The van der Waals surface area contributed by atoms with E-state index in [0.29, 0.717) is 10.9 Å². The number of rotatable bonds is 2. The lowest BCUT2D eigenvalue weighted by Gasteiger charge is -2.04. The van der Waals surface area contributed by atoms with Crippen LogP contribution in [0.25, 0.3) is 5.69 Å². The van der Waals surface area contributed by atoms with Gasteiger partial charge in [0.25, 0.3) is 0 Å². The number of nitriles is 1. The topological polar surface area (TPSA) is 78.9 Å². The van der Waals surface area contributed by atoms with E-state index < -0.39 is 5.82 Å². The number of aliphatic imine (C=N–C) groups is 1. The van der Waals surface area contributed by atoms with Crippen LogP contribution < -0.4 is 5.32 Å². The van der Waals surface area contributed by atoms with E-state index in [2.05, 4.69) is 20.4 Å². The number of nitrogens with zero attached hydrogens (tertiary/aromatic N) is 5. The molecule has 0 spiro atoms. The van der Waals surface area contributed by atoms with Crippen LogP contribution in [0.2, 0.25) is 0 Å². The first-order valence-electron chi connectivity index (χ1n) is 5.17. The molecule has 0 amide bonds. The Morgan fingerprint density at radius 3 is 3.00 bits per heavy atom. The molecule has 0 unspecified atom stereocenters. The maximum Gasteiger partial charge on any atom is 0.183 e. The van der Waals surface area contributed by atoms with E-state index in [4.69, 9.17) is 5.26 Å². The van der Waals surface area contributed by atoms with Gasteiger partial charge in [0, 0.05) is 6.07 Å². The average Bonchev–Trinajstić information content (AvgIpc) is 2.92. The minimum absolute atomic E-state index is 0.287. The Labute approximate surface area is 113 Å². The zero-order chi connectivity index (χ0) is 13.7. The maximum absolute atomic E-state index is 13.9. The predicted molar refractivity (Wildman–Crippen MR) is 70.7 cm³/mol. The van der Waals surface area contributed by atoms with Crippen molar-refractivity contribution in [1.82, 2.24) is 20.1 Å². The van der Waals surface area contributed by atoms with Crippen LogP contribution >= 0.6 is 11.8 Å². The highest BCUT2D eigenvalue weighted by Gasteiger charge is 2.06. The molecule has 1 heterocycles. The Morgan fingerprint density at radius 1 is 1.58 bits per heavy atom. The highest BCUT2D eigenvalue weighted by molar-refractivity contribution is 8.13. The number of thioether (sulfide) groups is 1. The maximum atomic E-state index is 13.9. The van der Waals surface area contributed by atoms with Crippen molar-refractivity contribution in [2.75, 3.05) is 6.26 Å². The van der Waals surface area contributed by atoms with Gasteiger partial charge in [0.05, 0.1) is 5.69 Å². The van der Waals surface area contributed by atoms with Crippen LogP contribution in [-0.4, -0.2) is 26.2 Å². The molecule has 2 rings (SSSR count). The molecule has 0 saturated heterocycles. The second-order valence-corrected chi connectivity index (χ2v) is 4.13. The van der Waals surface area contributed by atoms with E-state index in [1.54, 1.807) is 24.6 Å². The summed E-state index contributed by atoms with van der Waals surface area (Å²) in [6.07, 6.45) is 6.27. The Morgan fingerprint density at radius 2 is 2.42 bits per heavy atom. The number of halogens is 1. The summed E-state index contributed by atoms with van der Waals surface area (Å²) in [5.74, 6) is -0.468. The molecule has 0 aliphatic heterocycles. The molecule has 1 aromatic carbocycles. The monoisotopic (exact) mass is 276 g/mol. The van der Waals surface area contributed by atoms with Gasteiger partial charge in [-0.1, -0.05) is 11.8 Å². The standard InChI is InChI=1S/C11H9FN6S/c1-19-11(15-5-13)17-8-2-3-10(9(12)4-8)18-7-14-6-16-18/h2-4,6-7H,1H3,(H,15,17). The molecule has 0 atom stereocenters. The van der Waals surface area contributed by atoms with E-state index in [-0.39, 0.29) is 5.69 Å². The molecule has 0 radical (unpaired) electrons. The molecule has 19 heavy (non-hydrogen) atoms. The molecule has 8 heteroatoms. The molecular formula is C11H9FN6S. The number of benzene rings is 1. The number of hydrogen-bond acceptors (Lipinski definition) is 5. The van der Waals surface area contributed by atoms with Crippen LogP contribution in [-0.2, 0) is 0 Å². The van der Waals surface area contributed by atoms with Crippen LogP contribution in [0.4, 0.5) is 10.1 Å².